The number of aliphatic imine (C=N–C) groups is 1. The van der Waals surface area contributed by atoms with E-state index < -0.39 is 0 Å². The first-order valence-corrected chi connectivity index (χ1v) is 8.39. The zero-order valence-corrected chi connectivity index (χ0v) is 12.2. The fourth-order valence-electron chi connectivity index (χ4n) is 2.93. The van der Waals surface area contributed by atoms with Crippen LogP contribution in [-0.4, -0.2) is 17.5 Å². The molecule has 0 spiro atoms. The highest BCUT2D eigenvalue weighted by Crippen LogP contribution is 2.27. The summed E-state index contributed by atoms with van der Waals surface area (Å²) in [5.74, 6) is 1.94. The van der Waals surface area contributed by atoms with Crippen molar-refractivity contribution in [2.24, 2.45) is 10.9 Å². The molecule has 1 aromatic rings. The summed E-state index contributed by atoms with van der Waals surface area (Å²) in [6.45, 7) is 1.02. The van der Waals surface area contributed by atoms with Crippen molar-refractivity contribution in [3.63, 3.8) is 0 Å². The van der Waals surface area contributed by atoms with Crippen molar-refractivity contribution in [3.8, 4) is 0 Å². The third-order valence-corrected chi connectivity index (χ3v) is 5.12. The summed E-state index contributed by atoms with van der Waals surface area (Å²) in [6, 6.07) is 11.1. The summed E-state index contributed by atoms with van der Waals surface area (Å²) in [5.41, 5.74) is 1.37. The van der Waals surface area contributed by atoms with E-state index in [-0.39, 0.29) is 0 Å². The van der Waals surface area contributed by atoms with Crippen molar-refractivity contribution in [3.05, 3.63) is 35.9 Å². The number of amidine groups is 1. The molecule has 1 atom stereocenters. The molecule has 1 heterocycles. The molecule has 1 aliphatic heterocycles. The molecule has 1 saturated heterocycles. The van der Waals surface area contributed by atoms with Crippen LogP contribution in [0.1, 0.15) is 43.7 Å². The molecule has 0 radical (unpaired) electrons. The second-order valence-corrected chi connectivity index (χ2v) is 6.58. The quantitative estimate of drug-likeness (QED) is 0.901. The van der Waals surface area contributed by atoms with Crippen molar-refractivity contribution in [1.29, 1.82) is 0 Å². The molecular weight excluding hydrogens is 252 g/mol. The highest BCUT2D eigenvalue weighted by molar-refractivity contribution is 8.14. The summed E-state index contributed by atoms with van der Waals surface area (Å²) < 4.78 is 0. The molecule has 19 heavy (non-hydrogen) atoms. The van der Waals surface area contributed by atoms with E-state index in [9.17, 15) is 0 Å². The molecule has 2 nitrogen and oxygen atoms in total. The third-order valence-electron chi connectivity index (χ3n) is 4.10. The van der Waals surface area contributed by atoms with E-state index in [2.05, 4.69) is 35.6 Å². The molecule has 0 bridgehead atoms. The van der Waals surface area contributed by atoms with Crippen LogP contribution in [0.15, 0.2) is 35.3 Å². The molecule has 2 aliphatic rings. The van der Waals surface area contributed by atoms with Gasteiger partial charge in [0.05, 0.1) is 6.04 Å². The third kappa shape index (κ3) is 3.53. The number of nitrogens with zero attached hydrogens (tertiary/aromatic N) is 1. The first-order valence-electron chi connectivity index (χ1n) is 7.40. The van der Waals surface area contributed by atoms with Crippen LogP contribution in [0.5, 0.6) is 0 Å². The number of nitrogens with one attached hydrogen (secondary N) is 1. The molecule has 3 heteroatoms. The van der Waals surface area contributed by atoms with Crippen molar-refractivity contribution in [1.82, 2.24) is 5.32 Å². The van der Waals surface area contributed by atoms with Gasteiger partial charge in [-0.2, -0.15) is 0 Å². The molecule has 2 fully saturated rings. The first-order chi connectivity index (χ1) is 9.42. The molecule has 0 amide bonds. The molecular formula is C16H22N2S. The minimum Gasteiger partial charge on any atom is -0.357 e. The van der Waals surface area contributed by atoms with Crippen molar-refractivity contribution in [2.75, 3.05) is 12.3 Å². The fraction of sp³-hybridized carbons (Fsp3) is 0.562. The lowest BCUT2D eigenvalue weighted by atomic mass is 9.89. The molecule has 102 valence electrons. The highest BCUT2D eigenvalue weighted by atomic mass is 32.2. The van der Waals surface area contributed by atoms with Crippen LogP contribution in [-0.2, 0) is 0 Å². The Morgan fingerprint density at radius 1 is 1.11 bits per heavy atom. The van der Waals surface area contributed by atoms with Gasteiger partial charge in [-0.1, -0.05) is 61.4 Å². The van der Waals surface area contributed by atoms with E-state index in [0.29, 0.717) is 6.04 Å². The van der Waals surface area contributed by atoms with Crippen molar-refractivity contribution >= 4 is 16.9 Å². The second-order valence-electron chi connectivity index (χ2n) is 5.57. The van der Waals surface area contributed by atoms with Crippen LogP contribution < -0.4 is 5.32 Å². The van der Waals surface area contributed by atoms with Gasteiger partial charge in [0.25, 0.3) is 0 Å². The van der Waals surface area contributed by atoms with E-state index in [0.717, 1.165) is 23.4 Å². The van der Waals surface area contributed by atoms with Gasteiger partial charge in [-0.05, 0) is 24.3 Å². The summed E-state index contributed by atoms with van der Waals surface area (Å²) in [6.07, 6.45) is 6.99. The monoisotopic (exact) mass is 274 g/mol. The van der Waals surface area contributed by atoms with Crippen LogP contribution in [0, 0.1) is 5.92 Å². The van der Waals surface area contributed by atoms with E-state index in [1.54, 1.807) is 0 Å². The Hall–Kier alpha value is -0.960. The lowest BCUT2D eigenvalue weighted by Gasteiger charge is -2.19. The van der Waals surface area contributed by atoms with E-state index in [1.807, 2.05) is 11.8 Å². The number of hydrogen-bond donors (Lipinski definition) is 1. The Bertz CT molecular complexity index is 424. The van der Waals surface area contributed by atoms with Crippen molar-refractivity contribution < 1.29 is 0 Å². The topological polar surface area (TPSA) is 24.4 Å². The zero-order valence-electron chi connectivity index (χ0n) is 11.3. The maximum atomic E-state index is 4.79. The lowest BCUT2D eigenvalue weighted by Crippen LogP contribution is -2.20. The summed E-state index contributed by atoms with van der Waals surface area (Å²) in [5, 5.41) is 4.71. The SMILES string of the molecule is c1ccc(C2CSC(=NCC3CCCCC3)N2)cc1. The van der Waals surface area contributed by atoms with Crippen LogP contribution >= 0.6 is 11.8 Å². The number of benzene rings is 1. The van der Waals surface area contributed by atoms with Gasteiger partial charge in [-0.3, -0.25) is 4.99 Å². The predicted octanol–water partition coefficient (Wildman–Crippen LogP) is 4.00. The summed E-state index contributed by atoms with van der Waals surface area (Å²) in [4.78, 5) is 4.79. The minimum absolute atomic E-state index is 0.441. The molecule has 1 aromatic carbocycles. The largest absolute Gasteiger partial charge is 0.357 e. The molecule has 1 unspecified atom stereocenters. The van der Waals surface area contributed by atoms with Crippen LogP contribution in [0.4, 0.5) is 0 Å². The van der Waals surface area contributed by atoms with Crippen LogP contribution in [0.3, 0.4) is 0 Å². The standard InChI is InChI=1S/C16H22N2S/c1-3-7-13(8-4-1)11-17-16-18-15(12-19-16)14-9-5-2-6-10-14/h2,5-6,9-10,13,15H,1,3-4,7-8,11-12H2,(H,17,18). The van der Waals surface area contributed by atoms with Gasteiger partial charge in [0.15, 0.2) is 5.17 Å². The molecule has 1 saturated carbocycles. The van der Waals surface area contributed by atoms with Gasteiger partial charge in [-0.25, -0.2) is 0 Å². The van der Waals surface area contributed by atoms with E-state index >= 15 is 0 Å². The average Bonchev–Trinajstić information content (AvgIpc) is 2.96. The molecule has 3 rings (SSSR count). The van der Waals surface area contributed by atoms with E-state index in [1.165, 1.54) is 37.7 Å². The van der Waals surface area contributed by atoms with E-state index in [4.69, 9.17) is 4.99 Å². The predicted molar refractivity (Wildman–Crippen MR) is 83.7 cm³/mol. The van der Waals surface area contributed by atoms with Gasteiger partial charge in [0, 0.05) is 12.3 Å². The maximum Gasteiger partial charge on any atom is 0.157 e. The molecule has 1 aliphatic carbocycles. The second kappa shape index (κ2) is 6.47. The normalized spacial score (nSPS) is 26.5. The fourth-order valence-corrected chi connectivity index (χ4v) is 3.92. The summed E-state index contributed by atoms with van der Waals surface area (Å²) in [7, 11) is 0. The van der Waals surface area contributed by atoms with Gasteiger partial charge >= 0.3 is 0 Å². The average molecular weight is 274 g/mol. The Morgan fingerprint density at radius 3 is 2.68 bits per heavy atom. The molecule has 1 N–H and O–H groups in total. The Labute approximate surface area is 120 Å². The van der Waals surface area contributed by atoms with Crippen molar-refractivity contribution in [2.45, 2.75) is 38.1 Å². The number of thioether (sulfide) groups is 1. The summed E-state index contributed by atoms with van der Waals surface area (Å²) >= 11 is 1.87. The number of rotatable bonds is 3. The Morgan fingerprint density at radius 2 is 1.89 bits per heavy atom. The zero-order chi connectivity index (χ0) is 12.9. The Kier molecular flexibility index (Phi) is 4.44. The van der Waals surface area contributed by atoms with Crippen LogP contribution in [0.25, 0.3) is 0 Å². The lowest BCUT2D eigenvalue weighted by molar-refractivity contribution is 0.367. The van der Waals surface area contributed by atoms with Gasteiger partial charge in [0.1, 0.15) is 0 Å². The van der Waals surface area contributed by atoms with Gasteiger partial charge in [-0.15, -0.1) is 0 Å². The number of hydrogen-bond acceptors (Lipinski definition) is 2. The molecule has 0 aromatic heterocycles. The maximum absolute atomic E-state index is 4.79. The smallest absolute Gasteiger partial charge is 0.157 e. The minimum atomic E-state index is 0.441. The van der Waals surface area contributed by atoms with Crippen LogP contribution in [0.2, 0.25) is 0 Å². The van der Waals surface area contributed by atoms with Gasteiger partial charge in [0.2, 0.25) is 0 Å². The first kappa shape index (κ1) is 13.0. The highest BCUT2D eigenvalue weighted by Gasteiger charge is 2.22. The Balaban J connectivity index is 1.53. The van der Waals surface area contributed by atoms with Gasteiger partial charge < -0.3 is 5.32 Å².